The summed E-state index contributed by atoms with van der Waals surface area (Å²) in [5.74, 6) is 0.191. The van der Waals surface area contributed by atoms with Gasteiger partial charge in [0.2, 0.25) is 0 Å². The number of hydrogen-bond acceptors (Lipinski definition) is 13. The van der Waals surface area contributed by atoms with Gasteiger partial charge < -0.3 is 41.3 Å². The number of nitrogens with one attached hydrogen (secondary N) is 2. The minimum atomic E-state index is -0.442. The number of aliphatic hydroxyl groups is 1. The van der Waals surface area contributed by atoms with E-state index in [1.807, 2.05) is 36.4 Å². The molecule has 0 saturated heterocycles. The standard InChI is InChI=1S/C41H47N7O6S/c1-4-46(5-2)18-17-44-29-10-7-24(41-35(29)39(52)27-21-25(54-3)8-14-33(27)55-41)22-47(19-20-49)23-30-26-9-11-28(43-16-6-15-42)34-37(26)48(45-30)38-32(51)13-12-31(50)36(38)40(34)53/h7-14,21,43-44,49,51,53H,4-6,15-20,22-23,42H2,1-3H3. The number of aromatic nitrogens is 2. The van der Waals surface area contributed by atoms with Gasteiger partial charge in [0.15, 0.2) is 10.9 Å². The largest absolute Gasteiger partial charge is 0.506 e. The number of nitrogens with two attached hydrogens (primary N) is 1. The average molecular weight is 766 g/mol. The van der Waals surface area contributed by atoms with E-state index < -0.39 is 5.43 Å². The summed E-state index contributed by atoms with van der Waals surface area (Å²) in [5.41, 5.74) is 8.81. The molecular formula is C41H47N7O6S. The van der Waals surface area contributed by atoms with Gasteiger partial charge in [0.25, 0.3) is 0 Å². The summed E-state index contributed by atoms with van der Waals surface area (Å²) < 4.78 is 8.70. The van der Waals surface area contributed by atoms with Crippen LogP contribution in [0.3, 0.4) is 0 Å². The van der Waals surface area contributed by atoms with Crippen LogP contribution in [0.1, 0.15) is 31.5 Å². The molecule has 0 unspecified atom stereocenters. The predicted octanol–water partition coefficient (Wildman–Crippen LogP) is 5.10. The first-order valence-corrected chi connectivity index (χ1v) is 19.5. The van der Waals surface area contributed by atoms with E-state index in [-0.39, 0.29) is 41.0 Å². The Labute approximate surface area is 321 Å². The lowest BCUT2D eigenvalue weighted by atomic mass is 10.0. The smallest absolute Gasteiger partial charge is 0.198 e. The molecule has 0 bridgehead atoms. The minimum Gasteiger partial charge on any atom is -0.506 e. The van der Waals surface area contributed by atoms with Crippen molar-refractivity contribution in [3.63, 3.8) is 0 Å². The summed E-state index contributed by atoms with van der Waals surface area (Å²) in [7, 11) is 1.59. The maximum Gasteiger partial charge on any atom is 0.198 e. The van der Waals surface area contributed by atoms with E-state index in [2.05, 4.69) is 34.3 Å². The summed E-state index contributed by atoms with van der Waals surface area (Å²) in [5, 5.41) is 47.1. The number of pyridine rings is 1. The SMILES string of the molecule is CCN(CC)CCNc1ccc(CN(CCO)Cc2nn3c4c(O)ccc(=O)c4c(O)c4c(NCCCN)ccc2c43)c2sc3ccc(OC)cc3c(=O)c12. The number of phenols is 1. The van der Waals surface area contributed by atoms with Gasteiger partial charge in [0.1, 0.15) is 22.8 Å². The van der Waals surface area contributed by atoms with Crippen molar-refractivity contribution in [3.05, 3.63) is 86.3 Å². The summed E-state index contributed by atoms with van der Waals surface area (Å²) in [4.78, 5) is 31.8. The van der Waals surface area contributed by atoms with Crippen molar-refractivity contribution in [2.45, 2.75) is 33.4 Å². The number of aliphatic hydroxyl groups excluding tert-OH is 1. The Morgan fingerprint density at radius 1 is 0.855 bits per heavy atom. The van der Waals surface area contributed by atoms with Crippen LogP contribution in [0.5, 0.6) is 17.2 Å². The maximum atomic E-state index is 14.3. The number of phenolic OH excluding ortho intramolecular Hbond substituents is 1. The normalized spacial score (nSPS) is 12.1. The van der Waals surface area contributed by atoms with Crippen LogP contribution in [0.2, 0.25) is 0 Å². The molecule has 7 rings (SSSR count). The minimum absolute atomic E-state index is 0.0271. The molecule has 0 aliphatic carbocycles. The van der Waals surface area contributed by atoms with E-state index in [9.17, 15) is 24.9 Å². The first-order valence-electron chi connectivity index (χ1n) is 18.7. The topological polar surface area (TPSA) is 178 Å². The molecular weight excluding hydrogens is 719 g/mol. The number of hydrogen-bond donors (Lipinski definition) is 6. The van der Waals surface area contributed by atoms with E-state index in [0.29, 0.717) is 78.0 Å². The zero-order chi connectivity index (χ0) is 38.8. The predicted molar refractivity (Wildman–Crippen MR) is 223 cm³/mol. The molecule has 0 saturated carbocycles. The fourth-order valence-electron chi connectivity index (χ4n) is 7.47. The molecule has 0 radical (unpaired) electrons. The summed E-state index contributed by atoms with van der Waals surface area (Å²) >= 11 is 1.55. The quantitative estimate of drug-likeness (QED) is 0.0535. The fraction of sp³-hybridized carbons (Fsp3) is 0.341. The number of likely N-dealkylation sites (N-methyl/N-ethyl adjacent to an activating group) is 1. The second kappa shape index (κ2) is 16.2. The zero-order valence-electron chi connectivity index (χ0n) is 31.3. The monoisotopic (exact) mass is 765 g/mol. The Bertz CT molecular complexity index is 2620. The van der Waals surface area contributed by atoms with E-state index in [0.717, 1.165) is 45.7 Å². The molecule has 0 aliphatic rings. The number of fused-ring (bicyclic) bond motifs is 4. The Balaban J connectivity index is 1.33. The lowest BCUT2D eigenvalue weighted by Gasteiger charge is -2.23. The first kappa shape index (κ1) is 38.0. The van der Waals surface area contributed by atoms with Crippen LogP contribution in [0.4, 0.5) is 11.4 Å². The van der Waals surface area contributed by atoms with Gasteiger partial charge in [-0.2, -0.15) is 5.10 Å². The van der Waals surface area contributed by atoms with Crippen molar-refractivity contribution in [1.29, 1.82) is 0 Å². The third-order valence-corrected chi connectivity index (χ3v) is 11.6. The molecule has 7 N–H and O–H groups in total. The molecule has 14 heteroatoms. The number of ether oxygens (including phenoxy) is 1. The van der Waals surface area contributed by atoms with Gasteiger partial charge in [-0.25, -0.2) is 4.52 Å². The van der Waals surface area contributed by atoms with Crippen molar-refractivity contribution in [2.75, 3.05) is 70.2 Å². The summed E-state index contributed by atoms with van der Waals surface area (Å²) in [6.07, 6.45) is 0.698. The molecule has 0 fully saturated rings. The van der Waals surface area contributed by atoms with Crippen molar-refractivity contribution in [1.82, 2.24) is 19.4 Å². The maximum absolute atomic E-state index is 14.3. The third kappa shape index (κ3) is 7.07. The van der Waals surface area contributed by atoms with Gasteiger partial charge in [0.05, 0.1) is 41.1 Å². The van der Waals surface area contributed by atoms with E-state index in [4.69, 9.17) is 15.6 Å². The number of benzene rings is 4. The van der Waals surface area contributed by atoms with Gasteiger partial charge in [-0.1, -0.05) is 19.9 Å². The molecule has 288 valence electrons. The number of nitrogens with zero attached hydrogens (tertiary/aromatic N) is 4. The van der Waals surface area contributed by atoms with Crippen LogP contribution in [-0.2, 0) is 13.1 Å². The second-order valence-electron chi connectivity index (χ2n) is 13.6. The lowest BCUT2D eigenvalue weighted by molar-refractivity contribution is 0.183. The Morgan fingerprint density at radius 3 is 2.36 bits per heavy atom. The summed E-state index contributed by atoms with van der Waals surface area (Å²) in [6.45, 7) is 9.53. The van der Waals surface area contributed by atoms with Crippen LogP contribution in [-0.4, -0.2) is 94.3 Å². The molecule has 0 amide bonds. The lowest BCUT2D eigenvalue weighted by Crippen LogP contribution is -2.29. The van der Waals surface area contributed by atoms with Crippen LogP contribution < -0.4 is 32.0 Å². The van der Waals surface area contributed by atoms with Gasteiger partial charge in [-0.3, -0.25) is 14.5 Å². The van der Waals surface area contributed by atoms with Crippen molar-refractivity contribution in [3.8, 4) is 17.2 Å². The number of aromatic hydroxyl groups is 2. The Kier molecular flexibility index (Phi) is 11.2. The third-order valence-electron chi connectivity index (χ3n) is 10.4. The second-order valence-corrected chi connectivity index (χ2v) is 14.7. The molecule has 3 aromatic heterocycles. The van der Waals surface area contributed by atoms with Gasteiger partial charge in [-0.15, -0.1) is 11.3 Å². The Hall–Kier alpha value is -5.25. The number of methoxy groups -OCH3 is 1. The molecule has 0 spiro atoms. The van der Waals surface area contributed by atoms with Crippen LogP contribution in [0.25, 0.3) is 47.4 Å². The molecule has 0 atom stereocenters. The highest BCUT2D eigenvalue weighted by atomic mass is 32.1. The fourth-order valence-corrected chi connectivity index (χ4v) is 8.66. The number of rotatable bonds is 17. The highest BCUT2D eigenvalue weighted by Crippen LogP contribution is 2.42. The van der Waals surface area contributed by atoms with Gasteiger partial charge in [-0.05, 0) is 80.1 Å². The highest BCUT2D eigenvalue weighted by molar-refractivity contribution is 7.24. The van der Waals surface area contributed by atoms with Crippen molar-refractivity contribution >= 4 is 70.1 Å². The summed E-state index contributed by atoms with van der Waals surface area (Å²) in [6, 6.07) is 15.9. The van der Waals surface area contributed by atoms with Crippen LogP contribution in [0, 0.1) is 0 Å². The highest BCUT2D eigenvalue weighted by Gasteiger charge is 2.25. The van der Waals surface area contributed by atoms with E-state index in [1.165, 1.54) is 16.6 Å². The van der Waals surface area contributed by atoms with Crippen molar-refractivity contribution in [2.24, 2.45) is 5.73 Å². The van der Waals surface area contributed by atoms with E-state index in [1.54, 1.807) is 24.5 Å². The first-order chi connectivity index (χ1) is 26.7. The zero-order valence-corrected chi connectivity index (χ0v) is 32.1. The van der Waals surface area contributed by atoms with Gasteiger partial charge in [0, 0.05) is 70.8 Å². The van der Waals surface area contributed by atoms with E-state index >= 15 is 0 Å². The molecule has 55 heavy (non-hydrogen) atoms. The molecule has 4 aromatic carbocycles. The van der Waals surface area contributed by atoms with Crippen LogP contribution in [0.15, 0.2) is 64.2 Å². The number of anilines is 2. The van der Waals surface area contributed by atoms with Crippen molar-refractivity contribution < 1.29 is 20.1 Å². The Morgan fingerprint density at radius 2 is 1.62 bits per heavy atom. The molecule has 7 aromatic rings. The average Bonchev–Trinajstić information content (AvgIpc) is 3.55. The molecule has 3 heterocycles. The van der Waals surface area contributed by atoms with Crippen LogP contribution >= 0.6 is 11.3 Å². The van der Waals surface area contributed by atoms with Gasteiger partial charge >= 0.3 is 0 Å². The molecule has 13 nitrogen and oxygen atoms in total. The molecule has 0 aliphatic heterocycles.